The molecule has 1 aromatic carbocycles. The third kappa shape index (κ3) is 3.56. The molecule has 0 aliphatic heterocycles. The highest BCUT2D eigenvalue weighted by Crippen LogP contribution is 2.30. The Bertz CT molecular complexity index is 458. The Balaban J connectivity index is 2.83. The monoisotopic (exact) mass is 294 g/mol. The van der Waals surface area contributed by atoms with Crippen molar-refractivity contribution in [2.75, 3.05) is 0 Å². The maximum Gasteiger partial charge on any atom is 0.200 e. The summed E-state index contributed by atoms with van der Waals surface area (Å²) in [6, 6.07) is 0. The lowest BCUT2D eigenvalue weighted by molar-refractivity contribution is 0.150. The first-order valence-corrected chi connectivity index (χ1v) is 6.22. The third-order valence-electron chi connectivity index (χ3n) is 2.96. The second-order valence-electron chi connectivity index (χ2n) is 4.43. The van der Waals surface area contributed by atoms with Crippen molar-refractivity contribution in [3.05, 3.63) is 47.3 Å². The van der Waals surface area contributed by atoms with Crippen LogP contribution in [-0.2, 0) is 0 Å². The van der Waals surface area contributed by atoms with Gasteiger partial charge in [-0.1, -0.05) is 18.9 Å². The minimum Gasteiger partial charge on any atom is -0.388 e. The van der Waals surface area contributed by atoms with E-state index in [2.05, 4.69) is 6.58 Å². The van der Waals surface area contributed by atoms with Gasteiger partial charge in [0.2, 0.25) is 5.82 Å². The summed E-state index contributed by atoms with van der Waals surface area (Å²) in [4.78, 5) is 0. The fraction of sp³-hybridized carbons (Fsp3) is 0.429. The summed E-state index contributed by atoms with van der Waals surface area (Å²) in [7, 11) is 0. The fourth-order valence-electron chi connectivity index (χ4n) is 1.86. The molecule has 20 heavy (non-hydrogen) atoms. The summed E-state index contributed by atoms with van der Waals surface area (Å²) in [5.74, 6) is -10.2. The SMILES string of the molecule is C=CCCCCCC(O)c1c(F)c(F)c(F)c(F)c1F. The van der Waals surface area contributed by atoms with Gasteiger partial charge < -0.3 is 5.11 Å². The van der Waals surface area contributed by atoms with E-state index in [0.29, 0.717) is 12.8 Å². The molecule has 1 unspecified atom stereocenters. The number of aliphatic hydroxyl groups excluding tert-OH is 1. The largest absolute Gasteiger partial charge is 0.388 e. The Morgan fingerprint density at radius 3 is 1.85 bits per heavy atom. The smallest absolute Gasteiger partial charge is 0.200 e. The lowest BCUT2D eigenvalue weighted by Crippen LogP contribution is -2.11. The minimum atomic E-state index is -2.22. The molecule has 0 saturated carbocycles. The number of hydrogen-bond donors (Lipinski definition) is 1. The Hall–Kier alpha value is -1.43. The molecular weight excluding hydrogens is 279 g/mol. The van der Waals surface area contributed by atoms with E-state index in [-0.39, 0.29) is 6.42 Å². The first-order chi connectivity index (χ1) is 9.41. The third-order valence-corrected chi connectivity index (χ3v) is 2.96. The zero-order valence-electron chi connectivity index (χ0n) is 10.7. The van der Waals surface area contributed by atoms with Crippen molar-refractivity contribution in [1.29, 1.82) is 0 Å². The van der Waals surface area contributed by atoms with Gasteiger partial charge in [0.1, 0.15) is 0 Å². The first kappa shape index (κ1) is 16.6. The number of allylic oxidation sites excluding steroid dienone is 1. The van der Waals surface area contributed by atoms with Crippen molar-refractivity contribution in [2.24, 2.45) is 0 Å². The van der Waals surface area contributed by atoms with Gasteiger partial charge in [-0.15, -0.1) is 6.58 Å². The van der Waals surface area contributed by atoms with Crippen molar-refractivity contribution >= 4 is 0 Å². The molecule has 0 saturated heterocycles. The van der Waals surface area contributed by atoms with Crippen LogP contribution in [0.5, 0.6) is 0 Å². The van der Waals surface area contributed by atoms with Crippen LogP contribution in [-0.4, -0.2) is 5.11 Å². The molecule has 1 aromatic rings. The van der Waals surface area contributed by atoms with E-state index in [0.717, 1.165) is 12.8 Å². The lowest BCUT2D eigenvalue weighted by atomic mass is 10.0. The van der Waals surface area contributed by atoms with E-state index >= 15 is 0 Å². The van der Waals surface area contributed by atoms with E-state index in [4.69, 9.17) is 0 Å². The van der Waals surface area contributed by atoms with Crippen molar-refractivity contribution in [2.45, 2.75) is 38.2 Å². The average Bonchev–Trinajstić information content (AvgIpc) is 2.43. The molecular formula is C14H15F5O. The fourth-order valence-corrected chi connectivity index (χ4v) is 1.86. The van der Waals surface area contributed by atoms with Crippen molar-refractivity contribution in [3.8, 4) is 0 Å². The molecule has 0 heterocycles. The van der Waals surface area contributed by atoms with E-state index < -0.39 is 40.8 Å². The molecule has 0 aromatic heterocycles. The summed E-state index contributed by atoms with van der Waals surface area (Å²) in [5, 5.41) is 9.62. The summed E-state index contributed by atoms with van der Waals surface area (Å²) in [5.41, 5.74) is -1.16. The molecule has 0 radical (unpaired) electrons. The van der Waals surface area contributed by atoms with Crippen LogP contribution in [0.15, 0.2) is 12.7 Å². The Kier molecular flexibility index (Phi) is 6.13. The number of unbranched alkanes of at least 4 members (excludes halogenated alkanes) is 3. The predicted octanol–water partition coefficient (Wildman–Crippen LogP) is 4.55. The summed E-state index contributed by atoms with van der Waals surface area (Å²) in [6.45, 7) is 3.52. The summed E-state index contributed by atoms with van der Waals surface area (Å²) >= 11 is 0. The molecule has 0 bridgehead atoms. The lowest BCUT2D eigenvalue weighted by Gasteiger charge is -2.14. The second-order valence-corrected chi connectivity index (χ2v) is 4.43. The Morgan fingerprint density at radius 2 is 1.35 bits per heavy atom. The van der Waals surface area contributed by atoms with Crippen LogP contribution in [0, 0.1) is 29.1 Å². The van der Waals surface area contributed by atoms with Gasteiger partial charge in [-0.2, -0.15) is 0 Å². The van der Waals surface area contributed by atoms with Crippen LogP contribution in [0.4, 0.5) is 22.0 Å². The van der Waals surface area contributed by atoms with Crippen LogP contribution in [0.1, 0.15) is 43.8 Å². The molecule has 0 amide bonds. The van der Waals surface area contributed by atoms with Gasteiger partial charge in [-0.25, -0.2) is 22.0 Å². The van der Waals surface area contributed by atoms with E-state index in [1.807, 2.05) is 0 Å². The highest BCUT2D eigenvalue weighted by molar-refractivity contribution is 5.25. The number of benzene rings is 1. The molecule has 0 spiro atoms. The topological polar surface area (TPSA) is 20.2 Å². The summed E-state index contributed by atoms with van der Waals surface area (Å²) < 4.78 is 65.5. The highest BCUT2D eigenvalue weighted by Gasteiger charge is 2.29. The van der Waals surface area contributed by atoms with Crippen LogP contribution in [0.3, 0.4) is 0 Å². The second kappa shape index (κ2) is 7.38. The molecule has 1 N–H and O–H groups in total. The number of hydrogen-bond acceptors (Lipinski definition) is 1. The van der Waals surface area contributed by atoms with E-state index in [9.17, 15) is 27.1 Å². The van der Waals surface area contributed by atoms with Gasteiger partial charge >= 0.3 is 0 Å². The van der Waals surface area contributed by atoms with Crippen molar-refractivity contribution in [1.82, 2.24) is 0 Å². The highest BCUT2D eigenvalue weighted by atomic mass is 19.2. The molecule has 6 heteroatoms. The van der Waals surface area contributed by atoms with Gasteiger partial charge in [0, 0.05) is 0 Å². The van der Waals surface area contributed by atoms with Gasteiger partial charge in [0.05, 0.1) is 11.7 Å². The van der Waals surface area contributed by atoms with Crippen LogP contribution in [0.2, 0.25) is 0 Å². The molecule has 1 rings (SSSR count). The van der Waals surface area contributed by atoms with Crippen LogP contribution >= 0.6 is 0 Å². The number of rotatable bonds is 7. The van der Waals surface area contributed by atoms with Gasteiger partial charge in [0.15, 0.2) is 23.3 Å². The van der Waals surface area contributed by atoms with Crippen molar-refractivity contribution < 1.29 is 27.1 Å². The van der Waals surface area contributed by atoms with Gasteiger partial charge in [0.25, 0.3) is 0 Å². The normalized spacial score (nSPS) is 12.5. The van der Waals surface area contributed by atoms with E-state index in [1.54, 1.807) is 6.08 Å². The average molecular weight is 294 g/mol. The first-order valence-electron chi connectivity index (χ1n) is 6.22. The zero-order valence-corrected chi connectivity index (χ0v) is 10.7. The minimum absolute atomic E-state index is 0.0739. The number of halogens is 5. The predicted molar refractivity (Wildman–Crippen MR) is 64.5 cm³/mol. The standard InChI is InChI=1S/C14H15F5O/c1-2-3-4-5-6-7-8(20)9-10(15)12(17)14(19)13(18)11(9)16/h2,8,20H,1,3-7H2. The van der Waals surface area contributed by atoms with E-state index in [1.165, 1.54) is 0 Å². The Morgan fingerprint density at radius 1 is 0.850 bits per heavy atom. The number of aliphatic hydroxyl groups is 1. The van der Waals surface area contributed by atoms with Gasteiger partial charge in [-0.3, -0.25) is 0 Å². The maximum atomic E-state index is 13.4. The van der Waals surface area contributed by atoms with Crippen LogP contribution < -0.4 is 0 Å². The van der Waals surface area contributed by atoms with Crippen LogP contribution in [0.25, 0.3) is 0 Å². The molecule has 112 valence electrons. The maximum absolute atomic E-state index is 13.4. The molecule has 0 aliphatic carbocycles. The summed E-state index contributed by atoms with van der Waals surface area (Å²) in [6.07, 6.45) is 2.54. The Labute approximate surface area is 113 Å². The molecule has 0 aliphatic rings. The van der Waals surface area contributed by atoms with Crippen molar-refractivity contribution in [3.63, 3.8) is 0 Å². The quantitative estimate of drug-likeness (QED) is 0.257. The molecule has 0 fully saturated rings. The van der Waals surface area contributed by atoms with Gasteiger partial charge in [-0.05, 0) is 19.3 Å². The molecule has 1 atom stereocenters. The molecule has 1 nitrogen and oxygen atoms in total. The zero-order chi connectivity index (χ0) is 15.3.